The van der Waals surface area contributed by atoms with E-state index in [0.29, 0.717) is 12.0 Å². The molecule has 8 nitrogen and oxygen atoms in total. The molecule has 0 saturated carbocycles. The third-order valence-corrected chi connectivity index (χ3v) is 9.00. The molecule has 3 saturated heterocycles. The van der Waals surface area contributed by atoms with Crippen LogP contribution in [-0.2, 0) is 14.3 Å². The highest BCUT2D eigenvalue weighted by Crippen LogP contribution is 2.34. The van der Waals surface area contributed by atoms with E-state index in [1.54, 1.807) is 16.2 Å². The van der Waals surface area contributed by atoms with E-state index in [0.717, 1.165) is 42.6 Å². The highest BCUT2D eigenvalue weighted by atomic mass is 35.5. The zero-order chi connectivity index (χ0) is 27.0. The molecule has 3 aliphatic heterocycles. The minimum atomic E-state index is -0.636. The Hall–Kier alpha value is -2.33. The third kappa shape index (κ3) is 5.66. The van der Waals surface area contributed by atoms with Gasteiger partial charge < -0.3 is 19.4 Å². The first-order valence-corrected chi connectivity index (χ1v) is 14.6. The quantitative estimate of drug-likeness (QED) is 0.362. The number of Topliss-reactive ketones (excluding diaryl/α,β-unsaturated/α-hetero) is 2. The molecule has 0 spiro atoms. The van der Waals surface area contributed by atoms with Crippen LogP contribution in [0.15, 0.2) is 29.6 Å². The number of benzene rings is 1. The van der Waals surface area contributed by atoms with Gasteiger partial charge in [-0.25, -0.2) is 4.98 Å². The first kappa shape index (κ1) is 27.2. The van der Waals surface area contributed by atoms with Gasteiger partial charge in [-0.3, -0.25) is 14.4 Å². The van der Waals surface area contributed by atoms with Gasteiger partial charge in [0.2, 0.25) is 5.91 Å². The van der Waals surface area contributed by atoms with E-state index in [9.17, 15) is 14.4 Å². The predicted molar refractivity (Wildman–Crippen MR) is 149 cm³/mol. The van der Waals surface area contributed by atoms with Gasteiger partial charge in [-0.05, 0) is 19.4 Å². The van der Waals surface area contributed by atoms with Crippen molar-refractivity contribution in [2.75, 3.05) is 51.3 Å². The fraction of sp³-hybridized carbons (Fsp3) is 0.571. The molecule has 0 radical (unpaired) electrons. The minimum absolute atomic E-state index is 0.0156. The SMILES string of the molecule is CC(C)C[C@H](CC(=O)c1ccc(-c2csc(N3CCN(C)CC3)n2)cc1)C(=O)N1C[C@@H](Cl)[C@H]2OCC(=O)[C@H]21. The van der Waals surface area contributed by atoms with Crippen LogP contribution in [-0.4, -0.2) is 96.2 Å². The molecular formula is C28H35ClN4O4S. The number of piperazine rings is 1. The molecule has 2 aromatic rings. The first-order valence-electron chi connectivity index (χ1n) is 13.3. The van der Waals surface area contributed by atoms with Gasteiger partial charge in [0.15, 0.2) is 16.7 Å². The molecule has 0 aliphatic carbocycles. The standard InChI is InChI=1S/C28H35ClN4O4S/c1-17(2)12-20(27(36)33-14-21(29)26-25(33)24(35)15-37-26)13-23(34)19-6-4-18(5-7-19)22-16-38-28(30-22)32-10-8-31(3)9-11-32/h4-7,16-17,20-21,25-26H,8-15H2,1-3H3/t20-,21-,25-,26-/m1/s1. The maximum Gasteiger partial charge on any atom is 0.226 e. The molecule has 5 rings (SSSR count). The third-order valence-electron chi connectivity index (χ3n) is 7.71. The summed E-state index contributed by atoms with van der Waals surface area (Å²) in [6.45, 7) is 8.32. The van der Waals surface area contributed by atoms with E-state index in [-0.39, 0.29) is 43.0 Å². The predicted octanol–water partition coefficient (Wildman–Crippen LogP) is 3.58. The summed E-state index contributed by atoms with van der Waals surface area (Å²) < 4.78 is 5.53. The second kappa shape index (κ2) is 11.4. The Bertz CT molecular complexity index is 1180. The topological polar surface area (TPSA) is 83.1 Å². The van der Waals surface area contributed by atoms with Crippen molar-refractivity contribution in [3.63, 3.8) is 0 Å². The Kier molecular flexibility index (Phi) is 8.19. The number of carbonyl (C=O) groups is 3. The van der Waals surface area contributed by atoms with Crippen LogP contribution in [0, 0.1) is 11.8 Å². The number of fused-ring (bicyclic) bond motifs is 1. The molecule has 3 fully saturated rings. The van der Waals surface area contributed by atoms with Crippen molar-refractivity contribution in [2.45, 2.75) is 44.2 Å². The summed E-state index contributed by atoms with van der Waals surface area (Å²) in [5.74, 6) is -0.671. The molecule has 1 amide bonds. The van der Waals surface area contributed by atoms with Crippen LogP contribution in [0.25, 0.3) is 11.3 Å². The lowest BCUT2D eigenvalue weighted by Gasteiger charge is -2.32. The lowest BCUT2D eigenvalue weighted by atomic mass is 9.89. The highest BCUT2D eigenvalue weighted by Gasteiger charge is 2.52. The van der Waals surface area contributed by atoms with Crippen molar-refractivity contribution >= 4 is 45.5 Å². The van der Waals surface area contributed by atoms with Crippen molar-refractivity contribution in [3.8, 4) is 11.3 Å². The second-order valence-electron chi connectivity index (χ2n) is 11.0. The van der Waals surface area contributed by atoms with Gasteiger partial charge in [-0.2, -0.15) is 0 Å². The number of hydrogen-bond donors (Lipinski definition) is 0. The first-order chi connectivity index (χ1) is 18.2. The zero-order valence-electron chi connectivity index (χ0n) is 22.1. The molecule has 0 bridgehead atoms. The molecule has 10 heteroatoms. The number of anilines is 1. The molecule has 0 N–H and O–H groups in total. The van der Waals surface area contributed by atoms with Gasteiger partial charge in [0.1, 0.15) is 18.8 Å². The monoisotopic (exact) mass is 558 g/mol. The van der Waals surface area contributed by atoms with E-state index in [1.165, 1.54) is 0 Å². The van der Waals surface area contributed by atoms with E-state index in [1.807, 2.05) is 38.1 Å². The maximum atomic E-state index is 13.6. The average Bonchev–Trinajstić information content (AvgIpc) is 3.62. The number of likely N-dealkylation sites (N-methyl/N-ethyl adjacent to an activating group) is 1. The Morgan fingerprint density at radius 1 is 1.16 bits per heavy atom. The molecule has 4 atom stereocenters. The number of ketones is 2. The highest BCUT2D eigenvalue weighted by molar-refractivity contribution is 7.14. The Morgan fingerprint density at radius 2 is 1.87 bits per heavy atom. The number of rotatable bonds is 8. The van der Waals surface area contributed by atoms with Crippen LogP contribution in [0.1, 0.15) is 37.0 Å². The van der Waals surface area contributed by atoms with Gasteiger partial charge in [-0.1, -0.05) is 38.1 Å². The van der Waals surface area contributed by atoms with Crippen LogP contribution < -0.4 is 4.90 Å². The van der Waals surface area contributed by atoms with E-state index in [2.05, 4.69) is 22.2 Å². The van der Waals surface area contributed by atoms with Gasteiger partial charge in [0.05, 0.1) is 11.1 Å². The van der Waals surface area contributed by atoms with Crippen molar-refractivity contribution in [2.24, 2.45) is 11.8 Å². The molecule has 0 unspecified atom stereocenters. The van der Waals surface area contributed by atoms with E-state index in [4.69, 9.17) is 21.3 Å². The van der Waals surface area contributed by atoms with Crippen molar-refractivity contribution < 1.29 is 19.1 Å². The van der Waals surface area contributed by atoms with Crippen LogP contribution in [0.3, 0.4) is 0 Å². The summed E-state index contributed by atoms with van der Waals surface area (Å²) in [4.78, 5) is 50.3. The Balaban J connectivity index is 1.26. The van der Waals surface area contributed by atoms with Gasteiger partial charge in [-0.15, -0.1) is 22.9 Å². The summed E-state index contributed by atoms with van der Waals surface area (Å²) in [5, 5.41) is 2.67. The number of aromatic nitrogens is 1. The van der Waals surface area contributed by atoms with Gasteiger partial charge >= 0.3 is 0 Å². The fourth-order valence-electron chi connectivity index (χ4n) is 5.61. The summed E-state index contributed by atoms with van der Waals surface area (Å²) in [7, 11) is 2.14. The number of nitrogens with zero attached hydrogens (tertiary/aromatic N) is 4. The number of likely N-dealkylation sites (tertiary alicyclic amines) is 1. The van der Waals surface area contributed by atoms with Crippen LogP contribution in [0.5, 0.6) is 0 Å². The smallest absolute Gasteiger partial charge is 0.226 e. The van der Waals surface area contributed by atoms with Crippen LogP contribution >= 0.6 is 22.9 Å². The summed E-state index contributed by atoms with van der Waals surface area (Å²) in [6, 6.07) is 6.85. The van der Waals surface area contributed by atoms with Gasteiger partial charge in [0, 0.05) is 61.6 Å². The summed E-state index contributed by atoms with van der Waals surface area (Å²) >= 11 is 8.04. The van der Waals surface area contributed by atoms with Crippen LogP contribution in [0.4, 0.5) is 5.13 Å². The number of halogens is 1. The number of thiazole rings is 1. The number of carbonyl (C=O) groups excluding carboxylic acids is 3. The molecule has 1 aromatic carbocycles. The normalized spacial score (nSPS) is 24.8. The number of hydrogen-bond acceptors (Lipinski definition) is 8. The van der Waals surface area contributed by atoms with E-state index >= 15 is 0 Å². The van der Waals surface area contributed by atoms with Gasteiger partial charge in [0.25, 0.3) is 0 Å². The Morgan fingerprint density at radius 3 is 2.55 bits per heavy atom. The molecule has 204 valence electrons. The lowest BCUT2D eigenvalue weighted by Crippen LogP contribution is -2.45. The second-order valence-corrected chi connectivity index (χ2v) is 12.4. The largest absolute Gasteiger partial charge is 0.366 e. The fourth-order valence-corrected chi connectivity index (χ4v) is 6.86. The summed E-state index contributed by atoms with van der Waals surface area (Å²) in [6.07, 6.45) is 0.196. The number of ether oxygens (including phenoxy) is 1. The average molecular weight is 559 g/mol. The molecular weight excluding hydrogens is 524 g/mol. The molecule has 3 aliphatic rings. The molecule has 1 aromatic heterocycles. The van der Waals surface area contributed by atoms with Crippen molar-refractivity contribution in [1.29, 1.82) is 0 Å². The van der Waals surface area contributed by atoms with E-state index < -0.39 is 23.4 Å². The molecule has 4 heterocycles. The molecule has 38 heavy (non-hydrogen) atoms. The summed E-state index contributed by atoms with van der Waals surface area (Å²) in [5.41, 5.74) is 2.43. The zero-order valence-corrected chi connectivity index (χ0v) is 23.7. The Labute approximate surface area is 232 Å². The van der Waals surface area contributed by atoms with Crippen LogP contribution in [0.2, 0.25) is 0 Å². The number of amides is 1. The van der Waals surface area contributed by atoms with Crippen molar-refractivity contribution in [3.05, 3.63) is 35.2 Å². The maximum absolute atomic E-state index is 13.6. The number of alkyl halides is 1. The lowest BCUT2D eigenvalue weighted by molar-refractivity contribution is -0.140. The minimum Gasteiger partial charge on any atom is -0.366 e. The van der Waals surface area contributed by atoms with Crippen molar-refractivity contribution in [1.82, 2.24) is 14.8 Å².